The maximum absolute atomic E-state index is 12.9. The smallest absolute Gasteiger partial charge is 0.168 e. The van der Waals surface area contributed by atoms with Crippen LogP contribution in [0.3, 0.4) is 0 Å². The zero-order valence-corrected chi connectivity index (χ0v) is 8.86. The highest BCUT2D eigenvalue weighted by atomic mass is 19.1. The van der Waals surface area contributed by atoms with Gasteiger partial charge in [0.1, 0.15) is 11.6 Å². The number of Topliss-reactive ketones (excluding diaryl/α,β-unsaturated/α-hetero) is 1. The fourth-order valence-corrected chi connectivity index (χ4v) is 1.50. The van der Waals surface area contributed by atoms with Crippen molar-refractivity contribution in [2.75, 3.05) is 0 Å². The standard InChI is InChI=1S/C13H9F2NO/c14-11-3-1-2-9(4-11)5-13(17)10-6-12(15)8-16-7-10/h1-4,6-8H,5H2. The van der Waals surface area contributed by atoms with E-state index < -0.39 is 11.6 Å². The molecule has 0 saturated heterocycles. The molecule has 0 bridgehead atoms. The molecule has 2 nitrogen and oxygen atoms in total. The van der Waals surface area contributed by atoms with Crippen LogP contribution in [0, 0.1) is 11.6 Å². The Kier molecular flexibility index (Phi) is 3.23. The van der Waals surface area contributed by atoms with Gasteiger partial charge in [0.2, 0.25) is 0 Å². The Morgan fingerprint density at radius 1 is 1.12 bits per heavy atom. The Morgan fingerprint density at radius 3 is 2.65 bits per heavy atom. The molecular weight excluding hydrogens is 224 g/mol. The van der Waals surface area contributed by atoms with Crippen molar-refractivity contribution in [1.82, 2.24) is 4.98 Å². The molecule has 0 N–H and O–H groups in total. The fourth-order valence-electron chi connectivity index (χ4n) is 1.50. The molecule has 2 rings (SSSR count). The van der Waals surface area contributed by atoms with Crippen molar-refractivity contribution in [2.24, 2.45) is 0 Å². The third kappa shape index (κ3) is 2.93. The van der Waals surface area contributed by atoms with Gasteiger partial charge in [-0.1, -0.05) is 12.1 Å². The molecule has 0 fully saturated rings. The Labute approximate surface area is 96.9 Å². The van der Waals surface area contributed by atoms with Crippen molar-refractivity contribution in [2.45, 2.75) is 6.42 Å². The van der Waals surface area contributed by atoms with Gasteiger partial charge in [0.15, 0.2) is 5.78 Å². The van der Waals surface area contributed by atoms with Crippen LogP contribution < -0.4 is 0 Å². The van der Waals surface area contributed by atoms with Crippen molar-refractivity contribution in [3.63, 3.8) is 0 Å². The van der Waals surface area contributed by atoms with Gasteiger partial charge in [-0.25, -0.2) is 8.78 Å². The van der Waals surface area contributed by atoms with Crippen LogP contribution in [0.2, 0.25) is 0 Å². The minimum absolute atomic E-state index is 0.0306. The van der Waals surface area contributed by atoms with Gasteiger partial charge in [-0.3, -0.25) is 9.78 Å². The summed E-state index contributed by atoms with van der Waals surface area (Å²) in [6.07, 6.45) is 2.35. The second kappa shape index (κ2) is 4.82. The van der Waals surface area contributed by atoms with E-state index in [1.807, 2.05) is 0 Å². The van der Waals surface area contributed by atoms with E-state index >= 15 is 0 Å². The molecule has 4 heteroatoms. The predicted molar refractivity (Wildman–Crippen MR) is 58.6 cm³/mol. The number of aromatic nitrogens is 1. The minimum atomic E-state index is -0.560. The average Bonchev–Trinajstić information content (AvgIpc) is 2.29. The maximum atomic E-state index is 12.9. The normalized spacial score (nSPS) is 10.2. The molecule has 0 radical (unpaired) electrons. The molecule has 1 aromatic carbocycles. The monoisotopic (exact) mass is 233 g/mol. The molecule has 0 unspecified atom stereocenters. The number of carbonyl (C=O) groups excluding carboxylic acids is 1. The molecule has 1 heterocycles. The van der Waals surface area contributed by atoms with Crippen LogP contribution >= 0.6 is 0 Å². The SMILES string of the molecule is O=C(Cc1cccc(F)c1)c1cncc(F)c1. The summed E-state index contributed by atoms with van der Waals surface area (Å²) < 4.78 is 25.8. The van der Waals surface area contributed by atoms with Crippen LogP contribution in [0.4, 0.5) is 8.78 Å². The highest BCUT2D eigenvalue weighted by molar-refractivity contribution is 5.97. The summed E-state index contributed by atoms with van der Waals surface area (Å²) in [5.74, 6) is -1.25. The first-order valence-corrected chi connectivity index (χ1v) is 5.03. The molecule has 0 atom stereocenters. The molecule has 0 aliphatic rings. The van der Waals surface area contributed by atoms with E-state index in [9.17, 15) is 13.6 Å². The van der Waals surface area contributed by atoms with Crippen molar-refractivity contribution in [3.8, 4) is 0 Å². The lowest BCUT2D eigenvalue weighted by molar-refractivity contribution is 0.0992. The Bertz CT molecular complexity index is 555. The number of ketones is 1. The number of halogens is 2. The quantitative estimate of drug-likeness (QED) is 0.763. The number of nitrogens with zero attached hydrogens (tertiary/aromatic N) is 1. The van der Waals surface area contributed by atoms with Gasteiger partial charge in [0, 0.05) is 18.2 Å². The van der Waals surface area contributed by atoms with Crippen LogP contribution in [-0.4, -0.2) is 10.8 Å². The molecular formula is C13H9F2NO. The molecule has 2 aromatic rings. The number of carbonyl (C=O) groups is 1. The van der Waals surface area contributed by atoms with Crippen LogP contribution in [-0.2, 0) is 6.42 Å². The second-order valence-electron chi connectivity index (χ2n) is 3.62. The summed E-state index contributed by atoms with van der Waals surface area (Å²) in [6, 6.07) is 6.88. The number of hydrogen-bond donors (Lipinski definition) is 0. The van der Waals surface area contributed by atoms with Crippen LogP contribution in [0.15, 0.2) is 42.7 Å². The van der Waals surface area contributed by atoms with Gasteiger partial charge in [0.05, 0.1) is 6.20 Å². The molecule has 17 heavy (non-hydrogen) atoms. The summed E-state index contributed by atoms with van der Waals surface area (Å²) in [4.78, 5) is 15.3. The van der Waals surface area contributed by atoms with Gasteiger partial charge in [-0.05, 0) is 23.8 Å². The van der Waals surface area contributed by atoms with Crippen LogP contribution in [0.5, 0.6) is 0 Å². The number of benzene rings is 1. The summed E-state index contributed by atoms with van der Waals surface area (Å²) in [6.45, 7) is 0. The van der Waals surface area contributed by atoms with E-state index in [2.05, 4.69) is 4.98 Å². The first kappa shape index (κ1) is 11.4. The zero-order chi connectivity index (χ0) is 12.3. The Morgan fingerprint density at radius 2 is 1.94 bits per heavy atom. The van der Waals surface area contributed by atoms with Gasteiger partial charge in [0.25, 0.3) is 0 Å². The molecule has 0 aliphatic carbocycles. The predicted octanol–water partition coefficient (Wildman–Crippen LogP) is 2.79. The largest absolute Gasteiger partial charge is 0.294 e. The number of rotatable bonds is 3. The van der Waals surface area contributed by atoms with E-state index in [-0.39, 0.29) is 17.8 Å². The highest BCUT2D eigenvalue weighted by Gasteiger charge is 2.08. The summed E-state index contributed by atoms with van der Waals surface area (Å²) >= 11 is 0. The zero-order valence-electron chi connectivity index (χ0n) is 8.86. The van der Waals surface area contributed by atoms with Gasteiger partial charge >= 0.3 is 0 Å². The molecule has 0 amide bonds. The van der Waals surface area contributed by atoms with Gasteiger partial charge in [-0.2, -0.15) is 0 Å². The molecule has 0 spiro atoms. The topological polar surface area (TPSA) is 30.0 Å². The van der Waals surface area contributed by atoms with E-state index in [1.54, 1.807) is 6.07 Å². The third-order valence-electron chi connectivity index (χ3n) is 2.28. The molecule has 0 aliphatic heterocycles. The Balaban J connectivity index is 2.17. The lowest BCUT2D eigenvalue weighted by atomic mass is 10.0. The number of pyridine rings is 1. The van der Waals surface area contributed by atoms with E-state index in [4.69, 9.17) is 0 Å². The molecule has 1 aromatic heterocycles. The van der Waals surface area contributed by atoms with Crippen molar-refractivity contribution in [3.05, 3.63) is 65.5 Å². The van der Waals surface area contributed by atoms with Crippen LogP contribution in [0.25, 0.3) is 0 Å². The van der Waals surface area contributed by atoms with Crippen molar-refractivity contribution >= 4 is 5.78 Å². The lowest BCUT2D eigenvalue weighted by Crippen LogP contribution is -2.04. The summed E-state index contributed by atoms with van der Waals surface area (Å²) in [7, 11) is 0. The summed E-state index contributed by atoms with van der Waals surface area (Å²) in [5, 5.41) is 0. The van der Waals surface area contributed by atoms with E-state index in [0.717, 1.165) is 12.3 Å². The van der Waals surface area contributed by atoms with Crippen molar-refractivity contribution in [1.29, 1.82) is 0 Å². The fraction of sp³-hybridized carbons (Fsp3) is 0.0769. The third-order valence-corrected chi connectivity index (χ3v) is 2.28. The van der Waals surface area contributed by atoms with Gasteiger partial charge < -0.3 is 0 Å². The maximum Gasteiger partial charge on any atom is 0.168 e. The molecule has 86 valence electrons. The molecule has 0 saturated carbocycles. The van der Waals surface area contributed by atoms with Gasteiger partial charge in [-0.15, -0.1) is 0 Å². The first-order valence-electron chi connectivity index (χ1n) is 5.03. The lowest BCUT2D eigenvalue weighted by Gasteiger charge is -2.01. The average molecular weight is 233 g/mol. The van der Waals surface area contributed by atoms with Crippen LogP contribution in [0.1, 0.15) is 15.9 Å². The highest BCUT2D eigenvalue weighted by Crippen LogP contribution is 2.09. The number of hydrogen-bond acceptors (Lipinski definition) is 2. The summed E-state index contributed by atoms with van der Waals surface area (Å²) in [5.41, 5.74) is 0.744. The van der Waals surface area contributed by atoms with E-state index in [1.165, 1.54) is 24.4 Å². The van der Waals surface area contributed by atoms with E-state index in [0.29, 0.717) is 5.56 Å². The van der Waals surface area contributed by atoms with Crippen molar-refractivity contribution < 1.29 is 13.6 Å². The first-order chi connectivity index (χ1) is 8.15. The second-order valence-corrected chi connectivity index (χ2v) is 3.62. The Hall–Kier alpha value is -2.10. The minimum Gasteiger partial charge on any atom is -0.294 e.